The third kappa shape index (κ3) is 4.56. The Balaban J connectivity index is 0.880. The lowest BCUT2D eigenvalue weighted by Crippen LogP contribution is -2.17. The maximum Gasteiger partial charge on any atom is 0.0630 e. The van der Waals surface area contributed by atoms with Gasteiger partial charge < -0.3 is 0 Å². The van der Waals surface area contributed by atoms with Gasteiger partial charge in [-0.2, -0.15) is 0 Å². The molecule has 14 rings (SSSR count). The number of benzene rings is 12. The summed E-state index contributed by atoms with van der Waals surface area (Å²) in [4.78, 5) is 0. The van der Waals surface area contributed by atoms with Crippen LogP contribution in [-0.4, -0.2) is 0 Å². The van der Waals surface area contributed by atoms with Crippen molar-refractivity contribution in [3.63, 3.8) is 0 Å². The molecule has 0 spiro atoms. The smallest absolute Gasteiger partial charge is 0.0610 e. The molecular formula is C63H44. The van der Waals surface area contributed by atoms with Gasteiger partial charge in [0.15, 0.2) is 0 Å². The van der Waals surface area contributed by atoms with Gasteiger partial charge in [-0.3, -0.25) is 0 Å². The molecule has 0 amide bonds. The van der Waals surface area contributed by atoms with Crippen molar-refractivity contribution in [3.05, 3.63) is 203 Å². The summed E-state index contributed by atoms with van der Waals surface area (Å²) in [6.07, 6.45) is 0. The van der Waals surface area contributed by atoms with Crippen LogP contribution in [0.4, 0.5) is 0 Å². The molecule has 63 heavy (non-hydrogen) atoms. The first-order valence-corrected chi connectivity index (χ1v) is 21.1. The van der Waals surface area contributed by atoms with E-state index in [2.05, 4.69) is 64.1 Å². The van der Waals surface area contributed by atoms with Gasteiger partial charge in [-0.25, -0.2) is 0 Å². The second kappa shape index (κ2) is 12.0. The lowest BCUT2D eigenvalue weighted by atomic mass is 9.77. The van der Waals surface area contributed by atoms with Gasteiger partial charge in [0.05, 0.1) is 24.7 Å². The summed E-state index contributed by atoms with van der Waals surface area (Å²) in [7, 11) is 0. The fraction of sp³-hybridized carbons (Fsp3) is 0.111. The van der Waals surface area contributed by atoms with Crippen molar-refractivity contribution in [1.82, 2.24) is 0 Å². The second-order valence-corrected chi connectivity index (χ2v) is 18.2. The predicted octanol–water partition coefficient (Wildman–Crippen LogP) is 17.4. The SMILES string of the molecule is [2H]c1c([2H])c2c([2H])c([2H])c3c([2H])c([2H])c(-c4ccc5c(c4)C(C)(C)c4cc(-c6ccc7c(c6)C(C)(C)c6c-7ccc(-c7c([2H])c([2H])c8c([2H])c([2H])c9c([2H])c([2H])c([2H])c%10c([2H])c([2H])c7c8c9%10)c6C)ccc4-5)c4c([2H])c([2H])c(c1[2H])c2c34. The third-order valence-corrected chi connectivity index (χ3v) is 14.3. The number of rotatable bonds is 3. The Morgan fingerprint density at radius 2 is 0.714 bits per heavy atom. The molecule has 0 aromatic heterocycles. The molecule has 2 aliphatic rings. The van der Waals surface area contributed by atoms with Gasteiger partial charge in [-0.15, -0.1) is 0 Å². The fourth-order valence-corrected chi connectivity index (χ4v) is 11.2. The zero-order valence-corrected chi connectivity index (χ0v) is 34.9. The Bertz CT molecular complexity index is 4980. The number of hydrogen-bond acceptors (Lipinski definition) is 0. The topological polar surface area (TPSA) is 0 Å². The van der Waals surface area contributed by atoms with E-state index in [1.165, 1.54) is 0 Å². The van der Waals surface area contributed by atoms with Gasteiger partial charge in [0.25, 0.3) is 0 Å². The van der Waals surface area contributed by atoms with Crippen LogP contribution < -0.4 is 0 Å². The minimum Gasteiger partial charge on any atom is -0.0610 e. The summed E-state index contributed by atoms with van der Waals surface area (Å²) < 4.78 is 163. The lowest BCUT2D eigenvalue weighted by Gasteiger charge is -2.26. The van der Waals surface area contributed by atoms with E-state index in [0.29, 0.717) is 11.1 Å². The van der Waals surface area contributed by atoms with Gasteiger partial charge in [0.1, 0.15) is 0 Å². The zero-order chi connectivity index (χ0) is 57.8. The van der Waals surface area contributed by atoms with Crippen molar-refractivity contribution in [2.75, 3.05) is 0 Å². The largest absolute Gasteiger partial charge is 0.0630 e. The zero-order valence-electron chi connectivity index (χ0n) is 52.9. The molecule has 2 aliphatic carbocycles. The van der Waals surface area contributed by atoms with Crippen LogP contribution in [0.3, 0.4) is 0 Å². The Kier molecular flexibility index (Phi) is 4.23. The highest BCUT2D eigenvalue weighted by atomic mass is 14.4. The number of hydrogen-bond donors (Lipinski definition) is 0. The molecule has 0 saturated heterocycles. The van der Waals surface area contributed by atoms with Crippen LogP contribution in [0.1, 0.15) is 80.2 Å². The monoisotopic (exact) mass is 818 g/mol. The highest BCUT2D eigenvalue weighted by Gasteiger charge is 2.39. The van der Waals surface area contributed by atoms with Gasteiger partial charge in [0, 0.05) is 10.8 Å². The van der Waals surface area contributed by atoms with Gasteiger partial charge in [0.2, 0.25) is 0 Å². The molecule has 0 bridgehead atoms. The van der Waals surface area contributed by atoms with Crippen molar-refractivity contribution in [2.24, 2.45) is 0 Å². The number of fused-ring (bicyclic) bond motifs is 6. The second-order valence-electron chi connectivity index (χ2n) is 18.2. The standard InChI is InChI=1S/C63H44/c1-35-45(47-24-17-41-15-13-37-9-7-11-39-19-29-52(47)60(41)58(37)39)30-31-53-50-26-21-43(33-56(50)63(4,5)61(35)53)42-20-25-48-49-27-22-44(34-55(49)62(2,3)54(48)32-42)46-23-16-40-14-12-36-8-6-10-38-18-28-51(46)59(40)57(36)38/h6-34H,1-5H3/i6D,7D,8D,9D,10D,11D,12D,13D,14D,15D,16D,17D,18D,19D,23D,24D,28D,29D. The van der Waals surface area contributed by atoms with Crippen molar-refractivity contribution >= 4 is 64.6 Å². The van der Waals surface area contributed by atoms with E-state index in [1.807, 2.05) is 37.3 Å². The summed E-state index contributed by atoms with van der Waals surface area (Å²) in [6.45, 7) is 10.5. The highest BCUT2D eigenvalue weighted by molar-refractivity contribution is 6.27. The quantitative estimate of drug-likeness (QED) is 0.156. The van der Waals surface area contributed by atoms with Gasteiger partial charge in [-0.1, -0.05) is 185 Å². The van der Waals surface area contributed by atoms with E-state index in [-0.39, 0.29) is 112 Å². The van der Waals surface area contributed by atoms with Crippen molar-refractivity contribution in [1.29, 1.82) is 0 Å². The summed E-state index contributed by atoms with van der Waals surface area (Å²) >= 11 is 0. The van der Waals surface area contributed by atoms with Gasteiger partial charge >= 0.3 is 0 Å². The molecule has 0 heteroatoms. The first-order chi connectivity index (χ1) is 38.2. The van der Waals surface area contributed by atoms with E-state index in [0.717, 1.165) is 61.2 Å². The summed E-state index contributed by atoms with van der Waals surface area (Å²) in [6, 6.07) is 15.2. The van der Waals surface area contributed by atoms with Crippen LogP contribution in [0, 0.1) is 6.92 Å². The molecule has 0 saturated carbocycles. The van der Waals surface area contributed by atoms with E-state index in [9.17, 15) is 9.60 Å². The van der Waals surface area contributed by atoms with Gasteiger partial charge in [-0.05, 0) is 173 Å². The summed E-state index contributed by atoms with van der Waals surface area (Å²) in [5.41, 5.74) is 10.9. The van der Waals surface area contributed by atoms with Crippen LogP contribution in [0.15, 0.2) is 175 Å². The molecular weight excluding hydrogens is 757 g/mol. The molecule has 0 N–H and O–H groups in total. The molecule has 0 unspecified atom stereocenters. The maximum absolute atomic E-state index is 9.52. The molecule has 0 fully saturated rings. The van der Waals surface area contributed by atoms with Crippen LogP contribution in [-0.2, 0) is 10.8 Å². The molecule has 0 aliphatic heterocycles. The minimum atomic E-state index is -0.619. The summed E-state index contributed by atoms with van der Waals surface area (Å²) in [5, 5.41) is 0.264. The van der Waals surface area contributed by atoms with E-state index in [4.69, 9.17) is 15.1 Å². The van der Waals surface area contributed by atoms with Crippen LogP contribution >= 0.6 is 0 Å². The summed E-state index contributed by atoms with van der Waals surface area (Å²) in [5.74, 6) is 0. The Morgan fingerprint density at radius 1 is 0.333 bits per heavy atom. The molecule has 0 nitrogen and oxygen atoms in total. The normalized spacial score (nSPS) is 18.7. The first-order valence-electron chi connectivity index (χ1n) is 30.1. The molecule has 0 heterocycles. The first kappa shape index (κ1) is 22.2. The Morgan fingerprint density at radius 3 is 1.27 bits per heavy atom. The fourth-order valence-electron chi connectivity index (χ4n) is 11.2. The average Bonchev–Trinajstić information content (AvgIpc) is 3.94. The van der Waals surface area contributed by atoms with E-state index in [1.54, 1.807) is 0 Å². The molecule has 296 valence electrons. The highest BCUT2D eigenvalue weighted by Crippen LogP contribution is 2.55. The molecule has 12 aromatic rings. The van der Waals surface area contributed by atoms with Crippen LogP contribution in [0.25, 0.3) is 120 Å². The van der Waals surface area contributed by atoms with E-state index >= 15 is 0 Å². The lowest BCUT2D eigenvalue weighted by molar-refractivity contribution is 0.656. The average molecular weight is 819 g/mol. The molecule has 0 atom stereocenters. The van der Waals surface area contributed by atoms with Crippen molar-refractivity contribution in [3.8, 4) is 55.6 Å². The Hall–Kier alpha value is -7.28. The van der Waals surface area contributed by atoms with Crippen molar-refractivity contribution < 1.29 is 24.7 Å². The van der Waals surface area contributed by atoms with Crippen LogP contribution in [0.2, 0.25) is 0 Å². The van der Waals surface area contributed by atoms with E-state index < -0.39 is 83.3 Å². The minimum absolute atomic E-state index is 0.0680. The Labute approximate surface area is 393 Å². The maximum atomic E-state index is 9.52. The third-order valence-electron chi connectivity index (χ3n) is 14.3. The van der Waals surface area contributed by atoms with Crippen molar-refractivity contribution in [2.45, 2.75) is 45.4 Å². The molecule has 0 radical (unpaired) electrons. The van der Waals surface area contributed by atoms with Crippen LogP contribution in [0.5, 0.6) is 0 Å². The molecule has 12 aromatic carbocycles. The predicted molar refractivity (Wildman–Crippen MR) is 270 cm³/mol.